The van der Waals surface area contributed by atoms with Crippen molar-refractivity contribution in [3.8, 4) is 5.75 Å². The van der Waals surface area contributed by atoms with E-state index in [0.717, 1.165) is 17.9 Å². The molecule has 1 N–H and O–H groups in total. The van der Waals surface area contributed by atoms with E-state index >= 15 is 0 Å². The fraction of sp³-hybridized carbons (Fsp3) is 0.267. The van der Waals surface area contributed by atoms with Crippen LogP contribution in [-0.2, 0) is 0 Å². The number of rotatable bonds is 5. The van der Waals surface area contributed by atoms with Crippen LogP contribution in [0.4, 0.5) is 0 Å². The minimum atomic E-state index is 0.140. The van der Waals surface area contributed by atoms with Crippen molar-refractivity contribution in [2.45, 2.75) is 13.0 Å². The topological polar surface area (TPSA) is 34.2 Å². The number of ether oxygens (including phenoxy) is 1. The first kappa shape index (κ1) is 14.3. The molecule has 0 aliphatic heterocycles. The molecule has 2 aromatic rings. The van der Waals surface area contributed by atoms with Crippen molar-refractivity contribution >= 4 is 22.6 Å². The maximum Gasteiger partial charge on any atom is 0.137 e. The van der Waals surface area contributed by atoms with Crippen molar-refractivity contribution in [1.29, 1.82) is 0 Å². The van der Waals surface area contributed by atoms with Gasteiger partial charge in [-0.3, -0.25) is 4.98 Å². The summed E-state index contributed by atoms with van der Waals surface area (Å²) in [6, 6.07) is 10.6. The lowest BCUT2D eigenvalue weighted by molar-refractivity contribution is 0.411. The molecule has 1 unspecified atom stereocenters. The van der Waals surface area contributed by atoms with E-state index < -0.39 is 0 Å². The van der Waals surface area contributed by atoms with Crippen molar-refractivity contribution in [2.75, 3.05) is 13.7 Å². The van der Waals surface area contributed by atoms with Gasteiger partial charge in [0.2, 0.25) is 0 Å². The first-order chi connectivity index (χ1) is 9.26. The van der Waals surface area contributed by atoms with Gasteiger partial charge in [0.1, 0.15) is 5.75 Å². The van der Waals surface area contributed by atoms with Crippen molar-refractivity contribution in [3.05, 3.63) is 57.4 Å². The standard InChI is InChI=1S/C15H17IN2O/c1-3-18-15(13-6-4-5-7-14(13)16)11-8-12(19-2)10-17-9-11/h4-10,15,18H,3H2,1-2H3. The molecule has 100 valence electrons. The predicted octanol–water partition coefficient (Wildman–Crippen LogP) is 3.39. The zero-order chi connectivity index (χ0) is 13.7. The molecule has 1 heterocycles. The Labute approximate surface area is 127 Å². The molecule has 4 heteroatoms. The van der Waals surface area contributed by atoms with Crippen molar-refractivity contribution in [1.82, 2.24) is 10.3 Å². The quantitative estimate of drug-likeness (QED) is 0.822. The Morgan fingerprint density at radius 1 is 1.32 bits per heavy atom. The fourth-order valence-electron chi connectivity index (χ4n) is 2.03. The van der Waals surface area contributed by atoms with Crippen LogP contribution in [0, 0.1) is 3.57 Å². The highest BCUT2D eigenvalue weighted by Crippen LogP contribution is 2.27. The zero-order valence-corrected chi connectivity index (χ0v) is 13.2. The number of nitrogens with one attached hydrogen (secondary N) is 1. The number of methoxy groups -OCH3 is 1. The number of nitrogens with zero attached hydrogens (tertiary/aromatic N) is 1. The third-order valence-electron chi connectivity index (χ3n) is 2.93. The highest BCUT2D eigenvalue weighted by Gasteiger charge is 2.16. The number of aromatic nitrogens is 1. The van der Waals surface area contributed by atoms with Gasteiger partial charge in [0.25, 0.3) is 0 Å². The monoisotopic (exact) mass is 368 g/mol. The van der Waals surface area contributed by atoms with E-state index in [1.807, 2.05) is 12.3 Å². The van der Waals surface area contributed by atoms with Gasteiger partial charge in [0.15, 0.2) is 0 Å². The SMILES string of the molecule is CCNC(c1cncc(OC)c1)c1ccccc1I. The predicted molar refractivity (Wildman–Crippen MR) is 85.5 cm³/mol. The van der Waals surface area contributed by atoms with Crippen molar-refractivity contribution in [2.24, 2.45) is 0 Å². The van der Waals surface area contributed by atoms with Gasteiger partial charge in [0, 0.05) is 9.77 Å². The minimum Gasteiger partial charge on any atom is -0.495 e. The average Bonchev–Trinajstić information content (AvgIpc) is 2.46. The lowest BCUT2D eigenvalue weighted by Gasteiger charge is -2.20. The van der Waals surface area contributed by atoms with Crippen molar-refractivity contribution < 1.29 is 4.74 Å². The molecule has 0 saturated carbocycles. The van der Waals surface area contributed by atoms with E-state index in [-0.39, 0.29) is 6.04 Å². The van der Waals surface area contributed by atoms with Gasteiger partial charge >= 0.3 is 0 Å². The Morgan fingerprint density at radius 3 is 2.79 bits per heavy atom. The summed E-state index contributed by atoms with van der Waals surface area (Å²) < 4.78 is 6.50. The molecule has 1 atom stereocenters. The Kier molecular flexibility index (Phi) is 5.15. The summed E-state index contributed by atoms with van der Waals surface area (Å²) in [6.07, 6.45) is 3.61. The lowest BCUT2D eigenvalue weighted by Crippen LogP contribution is -2.23. The minimum absolute atomic E-state index is 0.140. The van der Waals surface area contributed by atoms with E-state index in [1.165, 1.54) is 9.13 Å². The van der Waals surface area contributed by atoms with Gasteiger partial charge in [0.05, 0.1) is 19.3 Å². The van der Waals surface area contributed by atoms with Crippen LogP contribution in [0.5, 0.6) is 5.75 Å². The van der Waals surface area contributed by atoms with E-state index in [0.29, 0.717) is 0 Å². The molecule has 0 saturated heterocycles. The molecule has 19 heavy (non-hydrogen) atoms. The molecule has 0 spiro atoms. The van der Waals surface area contributed by atoms with E-state index in [2.05, 4.69) is 64.1 Å². The molecule has 1 aromatic heterocycles. The maximum absolute atomic E-state index is 5.26. The summed E-state index contributed by atoms with van der Waals surface area (Å²) in [6.45, 7) is 3.00. The molecule has 3 nitrogen and oxygen atoms in total. The number of benzene rings is 1. The first-order valence-electron chi connectivity index (χ1n) is 6.23. The molecule has 0 aliphatic rings. The average molecular weight is 368 g/mol. The summed E-state index contributed by atoms with van der Waals surface area (Å²) in [5.41, 5.74) is 2.38. The Balaban J connectivity index is 2.42. The largest absolute Gasteiger partial charge is 0.495 e. The Morgan fingerprint density at radius 2 is 2.11 bits per heavy atom. The molecular formula is C15H17IN2O. The number of hydrogen-bond donors (Lipinski definition) is 1. The van der Waals surface area contributed by atoms with E-state index in [1.54, 1.807) is 13.3 Å². The maximum atomic E-state index is 5.26. The summed E-state index contributed by atoms with van der Waals surface area (Å²) in [7, 11) is 1.66. The first-order valence-corrected chi connectivity index (χ1v) is 7.31. The van der Waals surface area contributed by atoms with E-state index in [9.17, 15) is 0 Å². The van der Waals surface area contributed by atoms with Gasteiger partial charge in [-0.2, -0.15) is 0 Å². The van der Waals surface area contributed by atoms with Crippen LogP contribution in [-0.4, -0.2) is 18.6 Å². The van der Waals surface area contributed by atoms with Gasteiger partial charge in [-0.1, -0.05) is 25.1 Å². The number of pyridine rings is 1. The Bertz CT molecular complexity index is 545. The summed E-state index contributed by atoms with van der Waals surface area (Å²) >= 11 is 2.37. The smallest absolute Gasteiger partial charge is 0.137 e. The van der Waals surface area contributed by atoms with Crippen LogP contribution < -0.4 is 10.1 Å². The number of hydrogen-bond acceptors (Lipinski definition) is 3. The van der Waals surface area contributed by atoms with Crippen LogP contribution in [0.3, 0.4) is 0 Å². The molecule has 0 amide bonds. The molecule has 0 fully saturated rings. The van der Waals surface area contributed by atoms with Crippen LogP contribution >= 0.6 is 22.6 Å². The van der Waals surface area contributed by atoms with Crippen LogP contribution in [0.25, 0.3) is 0 Å². The van der Waals surface area contributed by atoms with Crippen LogP contribution in [0.2, 0.25) is 0 Å². The molecule has 0 bridgehead atoms. The summed E-state index contributed by atoms with van der Waals surface area (Å²) in [5, 5.41) is 3.51. The summed E-state index contributed by atoms with van der Waals surface area (Å²) in [4.78, 5) is 4.25. The van der Waals surface area contributed by atoms with Crippen LogP contribution in [0.15, 0.2) is 42.7 Å². The second kappa shape index (κ2) is 6.86. The third kappa shape index (κ3) is 3.45. The van der Waals surface area contributed by atoms with E-state index in [4.69, 9.17) is 4.74 Å². The highest BCUT2D eigenvalue weighted by atomic mass is 127. The molecule has 1 aromatic carbocycles. The lowest BCUT2D eigenvalue weighted by atomic mass is 10.00. The summed E-state index contributed by atoms with van der Waals surface area (Å²) in [5.74, 6) is 0.784. The molecular weight excluding hydrogens is 351 g/mol. The molecule has 0 aliphatic carbocycles. The molecule has 0 radical (unpaired) electrons. The second-order valence-electron chi connectivity index (χ2n) is 4.17. The normalized spacial score (nSPS) is 12.2. The number of halogens is 1. The third-order valence-corrected chi connectivity index (χ3v) is 3.91. The highest BCUT2D eigenvalue weighted by molar-refractivity contribution is 14.1. The van der Waals surface area contributed by atoms with Gasteiger partial charge in [-0.05, 0) is 52.4 Å². The van der Waals surface area contributed by atoms with Gasteiger partial charge in [-0.25, -0.2) is 0 Å². The second-order valence-corrected chi connectivity index (χ2v) is 5.33. The van der Waals surface area contributed by atoms with Gasteiger partial charge in [-0.15, -0.1) is 0 Å². The fourth-order valence-corrected chi connectivity index (χ4v) is 2.72. The van der Waals surface area contributed by atoms with Crippen LogP contribution in [0.1, 0.15) is 24.1 Å². The van der Waals surface area contributed by atoms with Crippen molar-refractivity contribution in [3.63, 3.8) is 0 Å². The Hall–Kier alpha value is -1.14. The molecule has 2 rings (SSSR count). The van der Waals surface area contributed by atoms with Gasteiger partial charge < -0.3 is 10.1 Å². The zero-order valence-electron chi connectivity index (χ0n) is 11.1.